The Balaban J connectivity index is 2.50. The Kier molecular flexibility index (Phi) is 3.84. The molecule has 0 amide bonds. The molecule has 1 rings (SSSR count). The standard InChI is InChI=1S/C12H18N2/c1-12(2,13-3)8-4-6-11-7-5-9-14-10-11/h4-7,9-10,13H,8H2,1-3H3. The van der Waals surface area contributed by atoms with Crippen molar-refractivity contribution in [2.45, 2.75) is 25.8 Å². The van der Waals surface area contributed by atoms with Crippen molar-refractivity contribution in [3.8, 4) is 0 Å². The van der Waals surface area contributed by atoms with Gasteiger partial charge in [-0.15, -0.1) is 0 Å². The average molecular weight is 190 g/mol. The Bertz CT molecular complexity index is 288. The van der Waals surface area contributed by atoms with E-state index in [1.165, 1.54) is 0 Å². The van der Waals surface area contributed by atoms with Gasteiger partial charge in [0, 0.05) is 17.9 Å². The smallest absolute Gasteiger partial charge is 0.0340 e. The predicted molar refractivity (Wildman–Crippen MR) is 61.0 cm³/mol. The van der Waals surface area contributed by atoms with E-state index in [1.54, 1.807) is 6.20 Å². The van der Waals surface area contributed by atoms with Crippen LogP contribution in [0.25, 0.3) is 6.08 Å². The summed E-state index contributed by atoms with van der Waals surface area (Å²) in [6, 6.07) is 4.00. The Hall–Kier alpha value is -1.15. The molecule has 1 heterocycles. The minimum atomic E-state index is 0.165. The van der Waals surface area contributed by atoms with Crippen LogP contribution in [0.5, 0.6) is 0 Å². The molecule has 1 N–H and O–H groups in total. The van der Waals surface area contributed by atoms with Crippen molar-refractivity contribution < 1.29 is 0 Å². The van der Waals surface area contributed by atoms with Gasteiger partial charge in [0.1, 0.15) is 0 Å². The lowest BCUT2D eigenvalue weighted by molar-refractivity contribution is 0.430. The minimum absolute atomic E-state index is 0.165. The SMILES string of the molecule is CNC(C)(C)CC=Cc1cccnc1. The van der Waals surface area contributed by atoms with Crippen molar-refractivity contribution in [2.24, 2.45) is 0 Å². The highest BCUT2D eigenvalue weighted by atomic mass is 14.9. The number of hydrogen-bond donors (Lipinski definition) is 1. The van der Waals surface area contributed by atoms with Crippen molar-refractivity contribution in [2.75, 3.05) is 7.05 Å². The van der Waals surface area contributed by atoms with Crippen LogP contribution < -0.4 is 5.32 Å². The number of rotatable bonds is 4. The first-order chi connectivity index (χ1) is 6.64. The van der Waals surface area contributed by atoms with E-state index in [0.29, 0.717) is 0 Å². The van der Waals surface area contributed by atoms with Crippen LogP contribution in [0, 0.1) is 0 Å². The molecule has 2 nitrogen and oxygen atoms in total. The molecule has 0 radical (unpaired) electrons. The highest BCUT2D eigenvalue weighted by molar-refractivity contribution is 5.47. The maximum absolute atomic E-state index is 4.05. The first kappa shape index (κ1) is 10.9. The highest BCUT2D eigenvalue weighted by Crippen LogP contribution is 2.09. The summed E-state index contributed by atoms with van der Waals surface area (Å²) in [6.45, 7) is 4.36. The van der Waals surface area contributed by atoms with Gasteiger partial charge in [0.05, 0.1) is 0 Å². The first-order valence-electron chi connectivity index (χ1n) is 4.89. The molecular formula is C12H18N2. The molecule has 2 heteroatoms. The summed E-state index contributed by atoms with van der Waals surface area (Å²) in [4.78, 5) is 4.05. The quantitative estimate of drug-likeness (QED) is 0.789. The Morgan fingerprint density at radius 2 is 2.29 bits per heavy atom. The maximum atomic E-state index is 4.05. The number of nitrogens with one attached hydrogen (secondary N) is 1. The number of pyridine rings is 1. The van der Waals surface area contributed by atoms with E-state index in [9.17, 15) is 0 Å². The molecule has 0 atom stereocenters. The van der Waals surface area contributed by atoms with Gasteiger partial charge in [0.15, 0.2) is 0 Å². The molecule has 0 aliphatic heterocycles. The fraction of sp³-hybridized carbons (Fsp3) is 0.417. The van der Waals surface area contributed by atoms with E-state index in [4.69, 9.17) is 0 Å². The normalized spacial score (nSPS) is 12.2. The van der Waals surface area contributed by atoms with E-state index < -0.39 is 0 Å². The summed E-state index contributed by atoms with van der Waals surface area (Å²) in [6.07, 6.45) is 8.94. The molecule has 0 unspecified atom stereocenters. The van der Waals surface area contributed by atoms with Gasteiger partial charge in [-0.05, 0) is 38.9 Å². The molecule has 0 aromatic carbocycles. The molecule has 76 valence electrons. The third-order valence-electron chi connectivity index (χ3n) is 2.30. The van der Waals surface area contributed by atoms with Gasteiger partial charge in [0.2, 0.25) is 0 Å². The lowest BCUT2D eigenvalue weighted by Crippen LogP contribution is -2.35. The Morgan fingerprint density at radius 3 is 2.86 bits per heavy atom. The number of nitrogens with zero attached hydrogens (tertiary/aromatic N) is 1. The van der Waals surface area contributed by atoms with E-state index in [0.717, 1.165) is 12.0 Å². The topological polar surface area (TPSA) is 24.9 Å². The zero-order valence-corrected chi connectivity index (χ0v) is 9.12. The summed E-state index contributed by atoms with van der Waals surface area (Å²) in [5, 5.41) is 3.26. The lowest BCUT2D eigenvalue weighted by atomic mass is 10.0. The number of aromatic nitrogens is 1. The van der Waals surface area contributed by atoms with Crippen LogP contribution in [-0.4, -0.2) is 17.6 Å². The van der Waals surface area contributed by atoms with E-state index in [2.05, 4.69) is 42.4 Å². The Labute approximate surface area is 86.1 Å². The van der Waals surface area contributed by atoms with Crippen LogP contribution in [0.4, 0.5) is 0 Å². The third kappa shape index (κ3) is 3.71. The van der Waals surface area contributed by atoms with Crippen LogP contribution in [0.3, 0.4) is 0 Å². The Morgan fingerprint density at radius 1 is 1.50 bits per heavy atom. The molecule has 1 aromatic heterocycles. The fourth-order valence-electron chi connectivity index (χ4n) is 1.07. The molecule has 0 saturated heterocycles. The van der Waals surface area contributed by atoms with Crippen molar-refractivity contribution in [3.63, 3.8) is 0 Å². The van der Waals surface area contributed by atoms with Crippen LogP contribution in [0.1, 0.15) is 25.8 Å². The van der Waals surface area contributed by atoms with Crippen molar-refractivity contribution in [1.82, 2.24) is 10.3 Å². The van der Waals surface area contributed by atoms with Crippen LogP contribution >= 0.6 is 0 Å². The fourth-order valence-corrected chi connectivity index (χ4v) is 1.07. The summed E-state index contributed by atoms with van der Waals surface area (Å²) in [5.41, 5.74) is 1.32. The summed E-state index contributed by atoms with van der Waals surface area (Å²) < 4.78 is 0. The van der Waals surface area contributed by atoms with E-state index >= 15 is 0 Å². The van der Waals surface area contributed by atoms with Crippen LogP contribution in [0.15, 0.2) is 30.6 Å². The molecule has 0 spiro atoms. The van der Waals surface area contributed by atoms with Gasteiger partial charge in [-0.1, -0.05) is 18.2 Å². The molecule has 0 saturated carbocycles. The van der Waals surface area contributed by atoms with Gasteiger partial charge < -0.3 is 5.32 Å². The minimum Gasteiger partial charge on any atom is -0.315 e. The molecule has 0 bridgehead atoms. The molecular weight excluding hydrogens is 172 g/mol. The maximum Gasteiger partial charge on any atom is 0.0340 e. The average Bonchev–Trinajstić information content (AvgIpc) is 2.19. The van der Waals surface area contributed by atoms with Crippen LogP contribution in [0.2, 0.25) is 0 Å². The highest BCUT2D eigenvalue weighted by Gasteiger charge is 2.10. The van der Waals surface area contributed by atoms with Crippen LogP contribution in [-0.2, 0) is 0 Å². The van der Waals surface area contributed by atoms with Crippen molar-refractivity contribution in [1.29, 1.82) is 0 Å². The lowest BCUT2D eigenvalue weighted by Gasteiger charge is -2.21. The summed E-state index contributed by atoms with van der Waals surface area (Å²) in [5.74, 6) is 0. The molecule has 0 aliphatic rings. The van der Waals surface area contributed by atoms with Gasteiger partial charge in [0.25, 0.3) is 0 Å². The molecule has 0 aliphatic carbocycles. The monoisotopic (exact) mass is 190 g/mol. The van der Waals surface area contributed by atoms with Gasteiger partial charge >= 0.3 is 0 Å². The third-order valence-corrected chi connectivity index (χ3v) is 2.30. The second kappa shape index (κ2) is 4.91. The van der Waals surface area contributed by atoms with Crippen molar-refractivity contribution >= 4 is 6.08 Å². The molecule has 14 heavy (non-hydrogen) atoms. The zero-order chi connectivity index (χ0) is 10.4. The summed E-state index contributed by atoms with van der Waals surface area (Å²) in [7, 11) is 1.98. The second-order valence-electron chi connectivity index (χ2n) is 4.03. The van der Waals surface area contributed by atoms with Crippen molar-refractivity contribution in [3.05, 3.63) is 36.2 Å². The van der Waals surface area contributed by atoms with E-state index in [1.807, 2.05) is 19.3 Å². The molecule has 0 fully saturated rings. The van der Waals surface area contributed by atoms with Gasteiger partial charge in [-0.2, -0.15) is 0 Å². The largest absolute Gasteiger partial charge is 0.315 e. The van der Waals surface area contributed by atoms with E-state index in [-0.39, 0.29) is 5.54 Å². The van der Waals surface area contributed by atoms with Gasteiger partial charge in [-0.25, -0.2) is 0 Å². The molecule has 1 aromatic rings. The summed E-state index contributed by atoms with van der Waals surface area (Å²) >= 11 is 0. The second-order valence-corrected chi connectivity index (χ2v) is 4.03. The number of hydrogen-bond acceptors (Lipinski definition) is 2. The zero-order valence-electron chi connectivity index (χ0n) is 9.12. The first-order valence-corrected chi connectivity index (χ1v) is 4.89. The predicted octanol–water partition coefficient (Wildman–Crippen LogP) is 2.48. The van der Waals surface area contributed by atoms with Gasteiger partial charge in [-0.3, -0.25) is 4.98 Å².